The van der Waals surface area contributed by atoms with Crippen molar-refractivity contribution in [1.29, 1.82) is 0 Å². The van der Waals surface area contributed by atoms with Gasteiger partial charge in [-0.2, -0.15) is 5.10 Å². The number of nitrogens with two attached hydrogens (primary N) is 1. The van der Waals surface area contributed by atoms with E-state index >= 15 is 0 Å². The first kappa shape index (κ1) is 28.9. The number of amides is 1. The second kappa shape index (κ2) is 11.3. The van der Waals surface area contributed by atoms with Crippen LogP contribution in [0.3, 0.4) is 0 Å². The molecule has 0 saturated carbocycles. The van der Waals surface area contributed by atoms with Gasteiger partial charge in [-0.05, 0) is 59.7 Å². The van der Waals surface area contributed by atoms with E-state index in [1.807, 2.05) is 12.1 Å². The molecule has 1 unspecified atom stereocenters. The summed E-state index contributed by atoms with van der Waals surface area (Å²) >= 11 is 0. The summed E-state index contributed by atoms with van der Waals surface area (Å²) in [7, 11) is -3.67. The quantitative estimate of drug-likeness (QED) is 0.187. The summed E-state index contributed by atoms with van der Waals surface area (Å²) in [4.78, 5) is 33.8. The molecule has 1 amide bonds. The lowest BCUT2D eigenvalue weighted by atomic mass is 10.0. The van der Waals surface area contributed by atoms with E-state index in [1.165, 1.54) is 12.1 Å². The SMILES string of the molecule is CS(=O)(=O)C(N)c1cc(F)cc(-c2ccnc3[nH]c(-c4n[nH]c5ncc(-c6cncc(NC(=O)c7ccccc7)c6)cc45)nc23)c1. The summed E-state index contributed by atoms with van der Waals surface area (Å²) in [5.74, 6) is -0.509. The van der Waals surface area contributed by atoms with Gasteiger partial charge in [0.15, 0.2) is 27.0 Å². The Hall–Kier alpha value is -5.86. The fourth-order valence-electron chi connectivity index (χ4n) is 5.14. The lowest BCUT2D eigenvalue weighted by molar-refractivity contribution is 0.102. The van der Waals surface area contributed by atoms with Crippen molar-refractivity contribution in [2.24, 2.45) is 5.73 Å². The van der Waals surface area contributed by atoms with E-state index < -0.39 is 21.0 Å². The average Bonchev–Trinajstić information content (AvgIpc) is 3.68. The van der Waals surface area contributed by atoms with Crippen LogP contribution in [0.4, 0.5) is 10.1 Å². The van der Waals surface area contributed by atoms with Crippen molar-refractivity contribution in [2.75, 3.05) is 11.6 Å². The number of benzene rings is 2. The molecule has 0 fully saturated rings. The molecule has 2 aromatic carbocycles. The van der Waals surface area contributed by atoms with Gasteiger partial charge in [0.05, 0.1) is 17.3 Å². The molecule has 0 spiro atoms. The summed E-state index contributed by atoms with van der Waals surface area (Å²) in [6, 6.07) is 18.1. The smallest absolute Gasteiger partial charge is 0.255 e. The molecule has 46 heavy (non-hydrogen) atoms. The number of anilines is 1. The Bertz CT molecular complexity index is 2390. The van der Waals surface area contributed by atoms with Crippen molar-refractivity contribution in [2.45, 2.75) is 5.37 Å². The number of fused-ring (bicyclic) bond motifs is 2. The highest BCUT2D eigenvalue weighted by molar-refractivity contribution is 7.90. The van der Waals surface area contributed by atoms with Gasteiger partial charge >= 0.3 is 0 Å². The van der Waals surface area contributed by atoms with Crippen LogP contribution in [0.2, 0.25) is 0 Å². The van der Waals surface area contributed by atoms with Crippen LogP contribution in [0.25, 0.3) is 56.0 Å². The van der Waals surface area contributed by atoms with Gasteiger partial charge in [-0.3, -0.25) is 14.9 Å². The molecular weight excluding hydrogens is 609 g/mol. The molecule has 0 aliphatic heterocycles. The molecule has 7 rings (SSSR count). The van der Waals surface area contributed by atoms with Crippen LogP contribution >= 0.6 is 0 Å². The molecule has 1 atom stereocenters. The van der Waals surface area contributed by atoms with Gasteiger partial charge in [0.2, 0.25) is 0 Å². The number of nitrogens with zero attached hydrogens (tertiary/aromatic N) is 5. The standard InChI is InChI=1S/C32H24FN9O3S/c1-46(44,45)28(34)19-9-18(10-22(33)11-19)24-7-8-36-30-26(24)39-31(40-30)27-25-13-21(15-37-29(25)42-41-27)20-12-23(16-35-14-20)38-32(43)17-5-3-2-4-6-17/h2-16,28H,34H2,1H3,(H,38,43)(H,36,39,40)(H,37,41,42). The Kier molecular flexibility index (Phi) is 7.06. The molecular formula is C32H24FN9O3S. The van der Waals surface area contributed by atoms with Crippen LogP contribution in [-0.4, -0.2) is 55.7 Å². The Balaban J connectivity index is 1.25. The Morgan fingerprint density at radius 2 is 1.74 bits per heavy atom. The van der Waals surface area contributed by atoms with Crippen molar-refractivity contribution < 1.29 is 17.6 Å². The highest BCUT2D eigenvalue weighted by Gasteiger charge is 2.21. The van der Waals surface area contributed by atoms with Gasteiger partial charge in [0, 0.05) is 47.1 Å². The van der Waals surface area contributed by atoms with Gasteiger partial charge < -0.3 is 16.0 Å². The molecule has 0 radical (unpaired) electrons. The Morgan fingerprint density at radius 1 is 0.935 bits per heavy atom. The Labute approximate surface area is 260 Å². The third kappa shape index (κ3) is 5.46. The largest absolute Gasteiger partial charge is 0.321 e. The molecule has 228 valence electrons. The third-order valence-corrected chi connectivity index (χ3v) is 8.61. The van der Waals surface area contributed by atoms with E-state index in [0.717, 1.165) is 23.4 Å². The monoisotopic (exact) mass is 633 g/mol. The van der Waals surface area contributed by atoms with Gasteiger partial charge in [-0.1, -0.05) is 18.2 Å². The lowest BCUT2D eigenvalue weighted by Crippen LogP contribution is -2.20. The number of nitrogens with one attached hydrogen (secondary N) is 3. The maximum absolute atomic E-state index is 14.7. The van der Waals surface area contributed by atoms with E-state index in [4.69, 9.17) is 10.7 Å². The van der Waals surface area contributed by atoms with Crippen molar-refractivity contribution in [3.05, 3.63) is 108 Å². The fourth-order valence-corrected chi connectivity index (χ4v) is 5.77. The van der Waals surface area contributed by atoms with Crippen LogP contribution in [0.1, 0.15) is 21.3 Å². The van der Waals surface area contributed by atoms with Crippen molar-refractivity contribution in [3.8, 4) is 33.8 Å². The first-order valence-electron chi connectivity index (χ1n) is 13.9. The number of rotatable bonds is 7. The summed E-state index contributed by atoms with van der Waals surface area (Å²) in [6.45, 7) is 0. The molecule has 14 heteroatoms. The predicted molar refractivity (Wildman–Crippen MR) is 172 cm³/mol. The third-order valence-electron chi connectivity index (χ3n) is 7.41. The van der Waals surface area contributed by atoms with E-state index in [-0.39, 0.29) is 11.5 Å². The molecule has 0 aliphatic rings. The van der Waals surface area contributed by atoms with Crippen molar-refractivity contribution >= 4 is 43.6 Å². The summed E-state index contributed by atoms with van der Waals surface area (Å²) in [6.07, 6.45) is 7.44. The molecule has 0 aliphatic carbocycles. The molecule has 7 aromatic rings. The number of pyridine rings is 3. The van der Waals surface area contributed by atoms with Gasteiger partial charge in [-0.25, -0.2) is 27.8 Å². The first-order chi connectivity index (χ1) is 22.1. The zero-order chi connectivity index (χ0) is 32.0. The van der Waals surface area contributed by atoms with E-state index in [1.54, 1.807) is 61.2 Å². The maximum atomic E-state index is 14.7. The lowest BCUT2D eigenvalue weighted by Gasteiger charge is -2.12. The minimum atomic E-state index is -3.67. The maximum Gasteiger partial charge on any atom is 0.255 e. The number of carbonyl (C=O) groups excluding carboxylic acids is 1. The van der Waals surface area contributed by atoms with E-state index in [9.17, 15) is 17.6 Å². The van der Waals surface area contributed by atoms with Crippen LogP contribution in [0, 0.1) is 5.82 Å². The van der Waals surface area contributed by atoms with E-state index in [2.05, 4.69) is 35.5 Å². The Morgan fingerprint density at radius 3 is 2.54 bits per heavy atom. The van der Waals surface area contributed by atoms with Crippen molar-refractivity contribution in [1.82, 2.24) is 35.1 Å². The number of hydrogen-bond donors (Lipinski definition) is 4. The number of hydrogen-bond acceptors (Lipinski definition) is 9. The van der Waals surface area contributed by atoms with E-state index in [0.29, 0.717) is 56.1 Å². The number of carbonyl (C=O) groups is 1. The minimum absolute atomic E-state index is 0.119. The first-order valence-corrected chi connectivity index (χ1v) is 15.9. The summed E-state index contributed by atoms with van der Waals surface area (Å²) in [5, 5.41) is 9.50. The van der Waals surface area contributed by atoms with Crippen LogP contribution in [0.15, 0.2) is 91.5 Å². The van der Waals surface area contributed by atoms with Crippen molar-refractivity contribution in [3.63, 3.8) is 0 Å². The number of sulfone groups is 1. The van der Waals surface area contributed by atoms with Crippen LogP contribution < -0.4 is 11.1 Å². The van der Waals surface area contributed by atoms with Gasteiger partial charge in [0.1, 0.15) is 22.4 Å². The number of halogens is 1. The zero-order valence-corrected chi connectivity index (χ0v) is 24.9. The second-order valence-corrected chi connectivity index (χ2v) is 12.8. The number of aromatic amines is 2. The molecule has 12 nitrogen and oxygen atoms in total. The van der Waals surface area contributed by atoms with Crippen LogP contribution in [-0.2, 0) is 9.84 Å². The number of H-pyrrole nitrogens is 2. The summed E-state index contributed by atoms with van der Waals surface area (Å²) in [5.41, 5.74) is 11.2. The predicted octanol–water partition coefficient (Wildman–Crippen LogP) is 5.02. The molecule has 0 saturated heterocycles. The zero-order valence-electron chi connectivity index (χ0n) is 24.1. The fraction of sp³-hybridized carbons (Fsp3) is 0.0625. The number of aromatic nitrogens is 7. The normalized spacial score (nSPS) is 12.4. The minimum Gasteiger partial charge on any atom is -0.321 e. The number of imidazole rings is 1. The molecule has 5 aromatic heterocycles. The topological polar surface area (TPSA) is 185 Å². The van der Waals surface area contributed by atoms with Crippen LogP contribution in [0.5, 0.6) is 0 Å². The average molecular weight is 634 g/mol. The highest BCUT2D eigenvalue weighted by Crippen LogP contribution is 2.33. The second-order valence-electron chi connectivity index (χ2n) is 10.6. The molecule has 0 bridgehead atoms. The highest BCUT2D eigenvalue weighted by atomic mass is 32.2. The van der Waals surface area contributed by atoms with Gasteiger partial charge in [-0.15, -0.1) is 0 Å². The molecule has 5 N–H and O–H groups in total. The van der Waals surface area contributed by atoms with Gasteiger partial charge in [0.25, 0.3) is 5.91 Å². The molecule has 5 heterocycles. The summed E-state index contributed by atoms with van der Waals surface area (Å²) < 4.78 is 38.8.